The molecule has 2 aromatic heterocycles. The summed E-state index contributed by atoms with van der Waals surface area (Å²) in [5.41, 5.74) is 1.16. The minimum absolute atomic E-state index is 0.130. The molecular formula is C16H16N4O4S. The summed E-state index contributed by atoms with van der Waals surface area (Å²) in [6.45, 7) is 0.180. The maximum atomic E-state index is 12.6. The van der Waals surface area contributed by atoms with E-state index < -0.39 is 15.9 Å². The predicted octanol–water partition coefficient (Wildman–Crippen LogP) is 2.08. The van der Waals surface area contributed by atoms with Crippen molar-refractivity contribution in [1.29, 1.82) is 0 Å². The first-order valence-corrected chi connectivity index (χ1v) is 8.80. The summed E-state index contributed by atoms with van der Waals surface area (Å²) < 4.78 is 31.4. The molecule has 0 unspecified atom stereocenters. The normalized spacial score (nSPS) is 11.6. The Kier molecular flexibility index (Phi) is 4.68. The number of furan rings is 1. The minimum Gasteiger partial charge on any atom is -0.459 e. The quantitative estimate of drug-likeness (QED) is 0.699. The summed E-state index contributed by atoms with van der Waals surface area (Å²) in [5, 5.41) is 9.15. The number of amides is 1. The van der Waals surface area contributed by atoms with Crippen molar-refractivity contribution in [2.24, 2.45) is 0 Å². The second kappa shape index (κ2) is 6.91. The first kappa shape index (κ1) is 16.9. The standard InChI is InChI=1S/C16H16N4O4S/c1-20(11-13-8-9-17-19-13)25(22,23)14-6-4-12(5-7-14)18-16(21)15-3-2-10-24-15/h2-10H,11H2,1H3,(H,17,19)(H,18,21). The third-order valence-electron chi connectivity index (χ3n) is 3.52. The Balaban J connectivity index is 1.71. The summed E-state index contributed by atoms with van der Waals surface area (Å²) in [5.74, 6) is -0.229. The maximum Gasteiger partial charge on any atom is 0.291 e. The van der Waals surface area contributed by atoms with Gasteiger partial charge in [-0.1, -0.05) is 0 Å². The summed E-state index contributed by atoms with van der Waals surface area (Å²) in [7, 11) is -2.16. The summed E-state index contributed by atoms with van der Waals surface area (Å²) in [4.78, 5) is 12.0. The van der Waals surface area contributed by atoms with Gasteiger partial charge in [-0.3, -0.25) is 9.89 Å². The van der Waals surface area contributed by atoms with E-state index in [4.69, 9.17) is 4.42 Å². The molecule has 0 aliphatic rings. The maximum absolute atomic E-state index is 12.6. The number of aromatic nitrogens is 2. The number of sulfonamides is 1. The van der Waals surface area contributed by atoms with Crippen LogP contribution in [-0.4, -0.2) is 35.9 Å². The lowest BCUT2D eigenvalue weighted by Crippen LogP contribution is -2.26. The van der Waals surface area contributed by atoms with Crippen molar-refractivity contribution >= 4 is 21.6 Å². The number of nitrogens with one attached hydrogen (secondary N) is 2. The number of hydrogen-bond donors (Lipinski definition) is 2. The highest BCUT2D eigenvalue weighted by Gasteiger charge is 2.21. The molecule has 1 aromatic carbocycles. The van der Waals surface area contributed by atoms with E-state index in [1.54, 1.807) is 24.4 Å². The first-order chi connectivity index (χ1) is 12.0. The van der Waals surface area contributed by atoms with Crippen molar-refractivity contribution in [1.82, 2.24) is 14.5 Å². The van der Waals surface area contributed by atoms with Gasteiger partial charge in [0.05, 0.1) is 23.4 Å². The van der Waals surface area contributed by atoms with Crippen LogP contribution in [0.5, 0.6) is 0 Å². The Hall–Kier alpha value is -2.91. The van der Waals surface area contributed by atoms with Crippen molar-refractivity contribution in [3.8, 4) is 0 Å². The van der Waals surface area contributed by atoms with Crippen molar-refractivity contribution < 1.29 is 17.6 Å². The number of H-pyrrole nitrogens is 1. The van der Waals surface area contributed by atoms with E-state index in [1.165, 1.54) is 41.9 Å². The Morgan fingerprint density at radius 1 is 1.24 bits per heavy atom. The Morgan fingerprint density at radius 3 is 2.60 bits per heavy atom. The van der Waals surface area contributed by atoms with Gasteiger partial charge >= 0.3 is 0 Å². The highest BCUT2D eigenvalue weighted by atomic mass is 32.2. The second-order valence-corrected chi connectivity index (χ2v) is 7.34. The number of anilines is 1. The van der Waals surface area contributed by atoms with Crippen LogP contribution in [-0.2, 0) is 16.6 Å². The van der Waals surface area contributed by atoms with Gasteiger partial charge in [-0.2, -0.15) is 9.40 Å². The molecule has 3 aromatic rings. The van der Waals surface area contributed by atoms with Crippen LogP contribution in [0.3, 0.4) is 0 Å². The van der Waals surface area contributed by atoms with E-state index in [0.29, 0.717) is 11.4 Å². The van der Waals surface area contributed by atoms with Gasteiger partial charge in [0.2, 0.25) is 10.0 Å². The monoisotopic (exact) mass is 360 g/mol. The molecule has 0 spiro atoms. The highest BCUT2D eigenvalue weighted by molar-refractivity contribution is 7.89. The summed E-state index contributed by atoms with van der Waals surface area (Å²) >= 11 is 0. The molecule has 0 atom stereocenters. The Bertz CT molecular complexity index is 933. The molecule has 9 heteroatoms. The van der Waals surface area contributed by atoms with E-state index in [9.17, 15) is 13.2 Å². The van der Waals surface area contributed by atoms with Gasteiger partial charge in [0.25, 0.3) is 5.91 Å². The molecule has 0 saturated carbocycles. The van der Waals surface area contributed by atoms with Gasteiger partial charge in [0, 0.05) is 18.9 Å². The van der Waals surface area contributed by atoms with Crippen LogP contribution in [0.15, 0.2) is 64.2 Å². The molecular weight excluding hydrogens is 344 g/mol. The molecule has 0 saturated heterocycles. The number of carbonyl (C=O) groups is 1. The molecule has 3 rings (SSSR count). The van der Waals surface area contributed by atoms with Gasteiger partial charge in [0.15, 0.2) is 5.76 Å². The van der Waals surface area contributed by atoms with Gasteiger partial charge in [-0.05, 0) is 42.5 Å². The average molecular weight is 360 g/mol. The van der Waals surface area contributed by atoms with E-state index in [1.807, 2.05) is 0 Å². The molecule has 0 bridgehead atoms. The van der Waals surface area contributed by atoms with Crippen LogP contribution in [0.4, 0.5) is 5.69 Å². The van der Waals surface area contributed by atoms with Gasteiger partial charge in [-0.25, -0.2) is 8.42 Å². The van der Waals surface area contributed by atoms with Crippen molar-refractivity contribution in [2.45, 2.75) is 11.4 Å². The van der Waals surface area contributed by atoms with Gasteiger partial charge in [-0.15, -0.1) is 0 Å². The van der Waals surface area contributed by atoms with E-state index in [0.717, 1.165) is 0 Å². The Labute approximate surface area is 144 Å². The highest BCUT2D eigenvalue weighted by Crippen LogP contribution is 2.19. The molecule has 0 radical (unpaired) electrons. The molecule has 0 aliphatic carbocycles. The number of carbonyl (C=O) groups excluding carboxylic acids is 1. The van der Waals surface area contributed by atoms with E-state index in [-0.39, 0.29) is 17.2 Å². The van der Waals surface area contributed by atoms with Crippen LogP contribution in [0, 0.1) is 0 Å². The summed E-state index contributed by atoms with van der Waals surface area (Å²) in [6.07, 6.45) is 2.96. The fraction of sp³-hybridized carbons (Fsp3) is 0.125. The fourth-order valence-corrected chi connectivity index (χ4v) is 3.34. The summed E-state index contributed by atoms with van der Waals surface area (Å²) in [6, 6.07) is 10.8. The zero-order chi connectivity index (χ0) is 17.9. The third-order valence-corrected chi connectivity index (χ3v) is 5.33. The molecule has 8 nitrogen and oxygen atoms in total. The van der Waals surface area contributed by atoms with Crippen LogP contribution in [0.25, 0.3) is 0 Å². The van der Waals surface area contributed by atoms with E-state index in [2.05, 4.69) is 15.5 Å². The van der Waals surface area contributed by atoms with E-state index >= 15 is 0 Å². The van der Waals surface area contributed by atoms with Crippen LogP contribution >= 0.6 is 0 Å². The number of nitrogens with zero attached hydrogens (tertiary/aromatic N) is 2. The average Bonchev–Trinajstić information content (AvgIpc) is 3.29. The fourth-order valence-electron chi connectivity index (χ4n) is 2.19. The molecule has 25 heavy (non-hydrogen) atoms. The lowest BCUT2D eigenvalue weighted by Gasteiger charge is -2.16. The zero-order valence-corrected chi connectivity index (χ0v) is 14.2. The number of benzene rings is 1. The van der Waals surface area contributed by atoms with Crippen molar-refractivity contribution in [3.05, 3.63) is 66.4 Å². The first-order valence-electron chi connectivity index (χ1n) is 7.36. The lowest BCUT2D eigenvalue weighted by molar-refractivity contribution is 0.0996. The molecule has 0 aliphatic heterocycles. The minimum atomic E-state index is -3.65. The number of aromatic amines is 1. The smallest absolute Gasteiger partial charge is 0.291 e. The van der Waals surface area contributed by atoms with Crippen LogP contribution < -0.4 is 5.32 Å². The Morgan fingerprint density at radius 2 is 2.00 bits per heavy atom. The van der Waals surface area contributed by atoms with Crippen LogP contribution in [0.1, 0.15) is 16.2 Å². The SMILES string of the molecule is CN(Cc1ccn[nH]1)S(=O)(=O)c1ccc(NC(=O)c2ccco2)cc1. The van der Waals surface area contributed by atoms with Gasteiger partial charge < -0.3 is 9.73 Å². The third kappa shape index (κ3) is 3.78. The lowest BCUT2D eigenvalue weighted by atomic mass is 10.3. The molecule has 1 amide bonds. The van der Waals surface area contributed by atoms with Crippen LogP contribution in [0.2, 0.25) is 0 Å². The predicted molar refractivity (Wildman–Crippen MR) is 90.3 cm³/mol. The second-order valence-electron chi connectivity index (χ2n) is 5.30. The molecule has 130 valence electrons. The zero-order valence-electron chi connectivity index (χ0n) is 13.3. The van der Waals surface area contributed by atoms with Gasteiger partial charge in [0.1, 0.15) is 0 Å². The number of hydrogen-bond acceptors (Lipinski definition) is 5. The number of rotatable bonds is 6. The largest absolute Gasteiger partial charge is 0.459 e. The molecule has 2 heterocycles. The molecule has 2 N–H and O–H groups in total. The van der Waals surface area contributed by atoms with Crippen molar-refractivity contribution in [3.63, 3.8) is 0 Å². The molecule has 0 fully saturated rings. The topological polar surface area (TPSA) is 108 Å². The van der Waals surface area contributed by atoms with Crippen molar-refractivity contribution in [2.75, 3.05) is 12.4 Å².